The molecule has 21 heavy (non-hydrogen) atoms. The largest absolute Gasteiger partial charge is 0.433 e. The number of halogens is 3. The van der Waals surface area contributed by atoms with Crippen LogP contribution in [0.2, 0.25) is 0 Å². The lowest BCUT2D eigenvalue weighted by Gasteiger charge is -2.38. The van der Waals surface area contributed by atoms with E-state index in [1.807, 2.05) is 0 Å². The fourth-order valence-electron chi connectivity index (χ4n) is 3.40. The van der Waals surface area contributed by atoms with E-state index in [0.717, 1.165) is 38.2 Å². The van der Waals surface area contributed by atoms with Crippen LogP contribution < -0.4 is 10.6 Å². The van der Waals surface area contributed by atoms with Crippen LogP contribution in [0.3, 0.4) is 0 Å². The number of alkyl halides is 3. The third kappa shape index (κ3) is 2.62. The predicted molar refractivity (Wildman–Crippen MR) is 69.3 cm³/mol. The van der Waals surface area contributed by atoms with E-state index in [0.29, 0.717) is 12.0 Å². The van der Waals surface area contributed by atoms with Gasteiger partial charge in [0.2, 0.25) is 5.91 Å². The number of rotatable bonds is 1. The van der Waals surface area contributed by atoms with E-state index in [1.165, 1.54) is 0 Å². The molecule has 1 amide bonds. The molecule has 3 heterocycles. The minimum Gasteiger partial charge on any atom is -0.349 e. The topological polar surface area (TPSA) is 54.0 Å². The molecule has 2 aliphatic heterocycles. The summed E-state index contributed by atoms with van der Waals surface area (Å²) in [5.41, 5.74) is -0.706. The summed E-state index contributed by atoms with van der Waals surface area (Å²) in [6.45, 7) is 1.56. The van der Waals surface area contributed by atoms with Crippen LogP contribution in [0.4, 0.5) is 13.2 Å². The number of amides is 1. The number of pyridine rings is 1. The van der Waals surface area contributed by atoms with Crippen molar-refractivity contribution in [3.05, 3.63) is 29.6 Å². The molecule has 1 aromatic rings. The molecule has 0 saturated carbocycles. The summed E-state index contributed by atoms with van der Waals surface area (Å²) in [6, 6.07) is 2.26. The number of piperidine rings is 1. The Morgan fingerprint density at radius 3 is 2.67 bits per heavy atom. The maximum Gasteiger partial charge on any atom is 0.433 e. The van der Waals surface area contributed by atoms with Crippen molar-refractivity contribution in [2.75, 3.05) is 13.1 Å². The lowest BCUT2D eigenvalue weighted by atomic mass is 9.71. The van der Waals surface area contributed by atoms with Crippen molar-refractivity contribution < 1.29 is 18.0 Å². The fraction of sp³-hybridized carbons (Fsp3) is 0.571. The van der Waals surface area contributed by atoms with Crippen molar-refractivity contribution in [1.29, 1.82) is 0 Å². The molecule has 0 bridgehead atoms. The lowest BCUT2D eigenvalue weighted by Crippen LogP contribution is -2.40. The van der Waals surface area contributed by atoms with Crippen molar-refractivity contribution >= 4 is 5.91 Å². The molecule has 7 heteroatoms. The third-order valence-corrected chi connectivity index (χ3v) is 4.44. The van der Waals surface area contributed by atoms with E-state index in [1.54, 1.807) is 6.07 Å². The minimum atomic E-state index is -4.47. The maximum atomic E-state index is 12.8. The molecule has 2 fully saturated rings. The average Bonchev–Trinajstić information content (AvgIpc) is 2.75. The number of nitrogens with one attached hydrogen (secondary N) is 2. The van der Waals surface area contributed by atoms with Gasteiger partial charge in [-0.25, -0.2) is 0 Å². The monoisotopic (exact) mass is 299 g/mol. The first-order valence-corrected chi connectivity index (χ1v) is 6.94. The van der Waals surface area contributed by atoms with Gasteiger partial charge in [0, 0.05) is 18.0 Å². The van der Waals surface area contributed by atoms with E-state index in [2.05, 4.69) is 15.6 Å². The van der Waals surface area contributed by atoms with Crippen LogP contribution in [0, 0.1) is 5.41 Å². The Balaban J connectivity index is 1.96. The highest BCUT2D eigenvalue weighted by molar-refractivity contribution is 5.80. The number of hydrogen-bond donors (Lipinski definition) is 2. The zero-order valence-electron chi connectivity index (χ0n) is 11.3. The van der Waals surface area contributed by atoms with Crippen LogP contribution in [0.1, 0.15) is 36.6 Å². The van der Waals surface area contributed by atoms with E-state index in [9.17, 15) is 18.0 Å². The molecule has 1 atom stereocenters. The molecule has 4 nitrogen and oxygen atoms in total. The highest BCUT2D eigenvalue weighted by Gasteiger charge is 2.48. The Morgan fingerprint density at radius 2 is 2.00 bits per heavy atom. The summed E-state index contributed by atoms with van der Waals surface area (Å²) in [6.07, 6.45) is -1.37. The second-order valence-electron chi connectivity index (χ2n) is 5.76. The molecule has 1 aromatic heterocycles. The minimum absolute atomic E-state index is 0.0905. The van der Waals surface area contributed by atoms with E-state index in [-0.39, 0.29) is 17.4 Å². The van der Waals surface area contributed by atoms with Crippen LogP contribution in [0.15, 0.2) is 18.3 Å². The SMILES string of the molecule is O=C1CC2(CCNCC2)C(c2ccnc(C(F)(F)F)c2)N1. The van der Waals surface area contributed by atoms with Crippen LogP contribution in [-0.4, -0.2) is 24.0 Å². The van der Waals surface area contributed by atoms with Crippen LogP contribution in [-0.2, 0) is 11.0 Å². The number of nitrogens with zero attached hydrogens (tertiary/aromatic N) is 1. The molecule has 0 radical (unpaired) electrons. The van der Waals surface area contributed by atoms with Gasteiger partial charge in [0.25, 0.3) is 0 Å². The third-order valence-electron chi connectivity index (χ3n) is 4.44. The van der Waals surface area contributed by atoms with E-state index < -0.39 is 11.9 Å². The molecular weight excluding hydrogens is 283 g/mol. The van der Waals surface area contributed by atoms with Crippen molar-refractivity contribution in [2.24, 2.45) is 5.41 Å². The first kappa shape index (κ1) is 14.3. The predicted octanol–water partition coefficient (Wildman–Crippen LogP) is 2.03. The quantitative estimate of drug-likeness (QED) is 0.834. The normalized spacial score (nSPS) is 25.1. The van der Waals surface area contributed by atoms with Crippen LogP contribution in [0.25, 0.3) is 0 Å². The van der Waals surface area contributed by atoms with Gasteiger partial charge >= 0.3 is 6.18 Å². The molecule has 0 aromatic carbocycles. The van der Waals surface area contributed by atoms with Gasteiger partial charge in [-0.15, -0.1) is 0 Å². The number of hydrogen-bond acceptors (Lipinski definition) is 3. The van der Waals surface area contributed by atoms with Gasteiger partial charge in [-0.1, -0.05) is 0 Å². The molecule has 2 N–H and O–H groups in total. The second-order valence-corrected chi connectivity index (χ2v) is 5.76. The summed E-state index contributed by atoms with van der Waals surface area (Å²) >= 11 is 0. The zero-order chi connectivity index (χ0) is 15.1. The Morgan fingerprint density at radius 1 is 1.29 bits per heavy atom. The summed E-state index contributed by atoms with van der Waals surface area (Å²) in [7, 11) is 0. The van der Waals surface area contributed by atoms with Crippen molar-refractivity contribution in [1.82, 2.24) is 15.6 Å². The number of carbonyl (C=O) groups is 1. The van der Waals surface area contributed by atoms with E-state index in [4.69, 9.17) is 0 Å². The summed E-state index contributed by atoms with van der Waals surface area (Å²) in [5, 5.41) is 6.07. The summed E-state index contributed by atoms with van der Waals surface area (Å²) in [5.74, 6) is -0.0905. The van der Waals surface area contributed by atoms with Crippen LogP contribution in [0.5, 0.6) is 0 Å². The Kier molecular flexibility index (Phi) is 3.39. The molecule has 1 unspecified atom stereocenters. The Bertz CT molecular complexity index is 553. The number of carbonyl (C=O) groups excluding carboxylic acids is 1. The molecule has 114 valence electrons. The summed E-state index contributed by atoms with van der Waals surface area (Å²) in [4.78, 5) is 15.2. The smallest absolute Gasteiger partial charge is 0.349 e. The maximum absolute atomic E-state index is 12.8. The highest BCUT2D eigenvalue weighted by Crippen LogP contribution is 2.48. The average molecular weight is 299 g/mol. The van der Waals surface area contributed by atoms with Crippen molar-refractivity contribution in [2.45, 2.75) is 31.5 Å². The molecule has 0 aliphatic carbocycles. The van der Waals surface area contributed by atoms with Crippen molar-refractivity contribution in [3.63, 3.8) is 0 Å². The van der Waals surface area contributed by atoms with Gasteiger partial charge in [-0.2, -0.15) is 13.2 Å². The molecule has 1 spiro atoms. The zero-order valence-corrected chi connectivity index (χ0v) is 11.3. The van der Waals surface area contributed by atoms with Gasteiger partial charge < -0.3 is 10.6 Å². The molecule has 2 saturated heterocycles. The first-order valence-electron chi connectivity index (χ1n) is 6.94. The standard InChI is InChI=1S/C14H16F3N3O/c15-14(16,17)10-7-9(1-4-19-10)12-13(8-11(21)20-12)2-5-18-6-3-13/h1,4,7,12,18H,2-3,5-6,8H2,(H,20,21). The molecule has 3 rings (SSSR count). The second kappa shape index (κ2) is 4.98. The lowest BCUT2D eigenvalue weighted by molar-refractivity contribution is -0.141. The van der Waals surface area contributed by atoms with Gasteiger partial charge in [0.05, 0.1) is 6.04 Å². The van der Waals surface area contributed by atoms with Gasteiger partial charge in [-0.3, -0.25) is 9.78 Å². The van der Waals surface area contributed by atoms with Gasteiger partial charge in [0.1, 0.15) is 5.69 Å². The summed E-state index contributed by atoms with van der Waals surface area (Å²) < 4.78 is 38.4. The highest BCUT2D eigenvalue weighted by atomic mass is 19.4. The van der Waals surface area contributed by atoms with E-state index >= 15 is 0 Å². The number of aromatic nitrogens is 1. The van der Waals surface area contributed by atoms with Crippen molar-refractivity contribution in [3.8, 4) is 0 Å². The van der Waals surface area contributed by atoms with Gasteiger partial charge in [-0.05, 0) is 43.6 Å². The van der Waals surface area contributed by atoms with Crippen LogP contribution >= 0.6 is 0 Å². The Hall–Kier alpha value is -1.63. The Labute approximate surface area is 120 Å². The first-order chi connectivity index (χ1) is 9.91. The fourth-order valence-corrected chi connectivity index (χ4v) is 3.40. The molecular formula is C14H16F3N3O. The molecule has 2 aliphatic rings. The van der Waals surface area contributed by atoms with Gasteiger partial charge in [0.15, 0.2) is 0 Å².